The van der Waals surface area contributed by atoms with E-state index in [1.165, 1.54) is 22.3 Å². The maximum Gasteiger partial charge on any atom is 0.407 e. The van der Waals surface area contributed by atoms with Crippen LogP contribution < -0.4 is 5.32 Å². The molecule has 2 aromatic rings. The van der Waals surface area contributed by atoms with E-state index in [-0.39, 0.29) is 18.6 Å². The number of carboxylic acids is 1. The van der Waals surface area contributed by atoms with Crippen molar-refractivity contribution in [3.63, 3.8) is 0 Å². The molecule has 2 N–H and O–H groups in total. The van der Waals surface area contributed by atoms with E-state index in [0.29, 0.717) is 12.8 Å². The smallest absolute Gasteiger partial charge is 0.407 e. The quantitative estimate of drug-likeness (QED) is 0.879. The number of carboxylic acid groups (broad SMARTS) is 1. The van der Waals surface area contributed by atoms with Gasteiger partial charge in [0.05, 0.1) is 5.41 Å². The van der Waals surface area contributed by atoms with Crippen LogP contribution in [0.15, 0.2) is 48.5 Å². The minimum atomic E-state index is -0.817. The van der Waals surface area contributed by atoms with Crippen molar-refractivity contribution in [2.45, 2.75) is 31.7 Å². The summed E-state index contributed by atoms with van der Waals surface area (Å²) in [6.45, 7) is 1.97. The van der Waals surface area contributed by atoms with Gasteiger partial charge < -0.3 is 15.2 Å². The number of ether oxygens (including phenoxy) is 1. The first kappa shape index (κ1) is 16.6. The van der Waals surface area contributed by atoms with E-state index in [2.05, 4.69) is 29.6 Å². The normalized spacial score (nSPS) is 23.5. The second-order valence-corrected chi connectivity index (χ2v) is 7.44. The number of amides is 1. The van der Waals surface area contributed by atoms with Crippen LogP contribution in [0.1, 0.15) is 36.8 Å². The molecule has 26 heavy (non-hydrogen) atoms. The highest BCUT2D eigenvalue weighted by Gasteiger charge is 2.47. The predicted molar refractivity (Wildman–Crippen MR) is 97.0 cm³/mol. The number of nitrogens with one attached hydrogen (secondary N) is 1. The second kappa shape index (κ2) is 6.16. The largest absolute Gasteiger partial charge is 0.481 e. The van der Waals surface area contributed by atoms with E-state index >= 15 is 0 Å². The molecule has 1 fully saturated rings. The summed E-state index contributed by atoms with van der Waals surface area (Å²) in [7, 11) is 0. The minimum absolute atomic E-state index is 0.0267. The van der Waals surface area contributed by atoms with Crippen molar-refractivity contribution >= 4 is 12.1 Å². The summed E-state index contributed by atoms with van der Waals surface area (Å²) in [6.07, 6.45) is 0.392. The lowest BCUT2D eigenvalue weighted by molar-refractivity contribution is -0.154. The van der Waals surface area contributed by atoms with Gasteiger partial charge in [-0.05, 0) is 42.0 Å². The number of hydrogen-bond donors (Lipinski definition) is 2. The molecular weight excluding hydrogens is 330 g/mol. The van der Waals surface area contributed by atoms with Crippen molar-refractivity contribution in [3.05, 3.63) is 59.7 Å². The van der Waals surface area contributed by atoms with Gasteiger partial charge in [-0.15, -0.1) is 0 Å². The minimum Gasteiger partial charge on any atom is -0.481 e. The van der Waals surface area contributed by atoms with E-state index in [9.17, 15) is 9.59 Å². The molecule has 1 amide bonds. The number of alkyl carbamates (subject to hydrolysis) is 1. The SMILES string of the molecule is CC1(C(=O)O)CC(NC(=O)OCC2c3ccccc3-c3ccccc32)C1. The number of aliphatic carboxylic acids is 1. The van der Waals surface area contributed by atoms with Gasteiger partial charge in [0, 0.05) is 12.0 Å². The first-order valence-electron chi connectivity index (χ1n) is 8.83. The van der Waals surface area contributed by atoms with Gasteiger partial charge in [-0.25, -0.2) is 4.79 Å². The van der Waals surface area contributed by atoms with E-state index < -0.39 is 17.5 Å². The molecule has 0 aromatic heterocycles. The van der Waals surface area contributed by atoms with Crippen LogP contribution in [0.4, 0.5) is 4.79 Å². The first-order chi connectivity index (χ1) is 12.5. The Kier molecular flexibility index (Phi) is 3.94. The molecule has 0 unspecified atom stereocenters. The fraction of sp³-hybridized carbons (Fsp3) is 0.333. The van der Waals surface area contributed by atoms with Gasteiger partial charge in [0.1, 0.15) is 6.61 Å². The number of carbonyl (C=O) groups is 2. The van der Waals surface area contributed by atoms with Crippen LogP contribution in [0.5, 0.6) is 0 Å². The molecule has 134 valence electrons. The third-order valence-electron chi connectivity index (χ3n) is 5.58. The summed E-state index contributed by atoms with van der Waals surface area (Å²) in [5.41, 5.74) is 3.98. The number of carbonyl (C=O) groups excluding carboxylic acids is 1. The maximum absolute atomic E-state index is 12.1. The van der Waals surface area contributed by atoms with Crippen molar-refractivity contribution in [2.75, 3.05) is 6.61 Å². The van der Waals surface area contributed by atoms with E-state index in [4.69, 9.17) is 9.84 Å². The average molecular weight is 351 g/mol. The van der Waals surface area contributed by atoms with E-state index in [1.807, 2.05) is 24.3 Å². The third-order valence-corrected chi connectivity index (χ3v) is 5.58. The lowest BCUT2D eigenvalue weighted by Gasteiger charge is -2.41. The van der Waals surface area contributed by atoms with Crippen LogP contribution in [0.25, 0.3) is 11.1 Å². The lowest BCUT2D eigenvalue weighted by atomic mass is 9.67. The number of hydrogen-bond acceptors (Lipinski definition) is 3. The number of rotatable bonds is 4. The van der Waals surface area contributed by atoms with Gasteiger partial charge in [-0.3, -0.25) is 4.79 Å². The molecule has 0 aliphatic heterocycles. The van der Waals surface area contributed by atoms with E-state index in [0.717, 1.165) is 0 Å². The molecule has 5 nitrogen and oxygen atoms in total. The highest BCUT2D eigenvalue weighted by atomic mass is 16.5. The Morgan fingerprint density at radius 2 is 1.62 bits per heavy atom. The summed E-state index contributed by atoms with van der Waals surface area (Å²) in [5.74, 6) is -0.790. The molecule has 2 aliphatic carbocycles. The Hall–Kier alpha value is -2.82. The molecule has 0 spiro atoms. The molecule has 4 rings (SSSR count). The first-order valence-corrected chi connectivity index (χ1v) is 8.83. The Bertz CT molecular complexity index is 824. The van der Waals surface area contributed by atoms with Crippen LogP contribution in [-0.2, 0) is 9.53 Å². The highest BCUT2D eigenvalue weighted by molar-refractivity contribution is 5.79. The second-order valence-electron chi connectivity index (χ2n) is 7.44. The van der Waals surface area contributed by atoms with Crippen LogP contribution >= 0.6 is 0 Å². The van der Waals surface area contributed by atoms with Gasteiger partial charge in [-0.2, -0.15) is 0 Å². The summed E-state index contributed by atoms with van der Waals surface area (Å²) < 4.78 is 5.48. The number of fused-ring (bicyclic) bond motifs is 3. The summed E-state index contributed by atoms with van der Waals surface area (Å²) >= 11 is 0. The van der Waals surface area contributed by atoms with Gasteiger partial charge >= 0.3 is 12.1 Å². The molecule has 0 radical (unpaired) electrons. The number of benzene rings is 2. The van der Waals surface area contributed by atoms with Gasteiger partial charge in [0.15, 0.2) is 0 Å². The molecule has 2 aliphatic rings. The Morgan fingerprint density at radius 3 is 2.15 bits per heavy atom. The fourth-order valence-corrected chi connectivity index (χ4v) is 4.11. The Morgan fingerprint density at radius 1 is 1.08 bits per heavy atom. The monoisotopic (exact) mass is 351 g/mol. The van der Waals surface area contributed by atoms with Crippen LogP contribution in [0, 0.1) is 5.41 Å². The van der Waals surface area contributed by atoms with Crippen LogP contribution in [-0.4, -0.2) is 29.8 Å². The standard InChI is InChI=1S/C21H21NO4/c1-21(19(23)24)10-13(11-21)22-20(25)26-12-18-16-8-4-2-6-14(16)15-7-3-5-9-17(15)18/h2-9,13,18H,10-12H2,1H3,(H,22,25)(H,23,24). The van der Waals surface area contributed by atoms with Crippen molar-refractivity contribution in [1.29, 1.82) is 0 Å². The molecule has 0 atom stereocenters. The third kappa shape index (κ3) is 2.73. The lowest BCUT2D eigenvalue weighted by Crippen LogP contribution is -2.53. The Balaban J connectivity index is 1.40. The summed E-state index contributed by atoms with van der Waals surface area (Å²) in [4.78, 5) is 23.3. The zero-order valence-electron chi connectivity index (χ0n) is 14.6. The molecule has 5 heteroatoms. The van der Waals surface area contributed by atoms with Gasteiger partial charge in [-0.1, -0.05) is 48.5 Å². The Labute approximate surface area is 152 Å². The average Bonchev–Trinajstić information content (AvgIpc) is 2.92. The van der Waals surface area contributed by atoms with Crippen LogP contribution in [0.3, 0.4) is 0 Å². The predicted octanol–water partition coefficient (Wildman–Crippen LogP) is 3.78. The molecule has 0 bridgehead atoms. The maximum atomic E-state index is 12.1. The fourth-order valence-electron chi connectivity index (χ4n) is 4.11. The van der Waals surface area contributed by atoms with Crippen LogP contribution in [0.2, 0.25) is 0 Å². The topological polar surface area (TPSA) is 75.6 Å². The molecule has 2 aromatic carbocycles. The zero-order valence-corrected chi connectivity index (χ0v) is 14.6. The van der Waals surface area contributed by atoms with Crippen molar-refractivity contribution in [2.24, 2.45) is 5.41 Å². The molecule has 1 saturated carbocycles. The van der Waals surface area contributed by atoms with Crippen molar-refractivity contribution in [3.8, 4) is 11.1 Å². The summed E-state index contributed by atoms with van der Waals surface area (Å²) in [5, 5.41) is 11.9. The molecule has 0 saturated heterocycles. The molecular formula is C21H21NO4. The van der Waals surface area contributed by atoms with E-state index in [1.54, 1.807) is 6.92 Å². The van der Waals surface area contributed by atoms with Crippen molar-refractivity contribution in [1.82, 2.24) is 5.32 Å². The van der Waals surface area contributed by atoms with Crippen molar-refractivity contribution < 1.29 is 19.4 Å². The van der Waals surface area contributed by atoms with Gasteiger partial charge in [0.25, 0.3) is 0 Å². The molecule has 0 heterocycles. The van der Waals surface area contributed by atoms with Gasteiger partial charge in [0.2, 0.25) is 0 Å². The summed E-state index contributed by atoms with van der Waals surface area (Å²) in [6, 6.07) is 16.2. The highest BCUT2D eigenvalue weighted by Crippen LogP contribution is 2.44. The zero-order chi connectivity index (χ0) is 18.3.